The van der Waals surface area contributed by atoms with E-state index in [9.17, 15) is 4.79 Å². The molecule has 21 heavy (non-hydrogen) atoms. The van der Waals surface area contributed by atoms with Gasteiger partial charge in [0.1, 0.15) is 0 Å². The third-order valence-electron chi connectivity index (χ3n) is 4.64. The third-order valence-corrected chi connectivity index (χ3v) is 4.64. The van der Waals surface area contributed by atoms with Crippen LogP contribution in [0.1, 0.15) is 32.3 Å². The lowest BCUT2D eigenvalue weighted by atomic mass is 9.83. The number of aromatic nitrogens is 1. The summed E-state index contributed by atoms with van der Waals surface area (Å²) in [7, 11) is 3.99. The molecule has 2 rings (SSSR count). The molecule has 0 bridgehead atoms. The van der Waals surface area contributed by atoms with Crippen molar-refractivity contribution in [2.24, 2.45) is 0 Å². The maximum Gasteiger partial charge on any atom is 0.157 e. The molecule has 0 unspecified atom stereocenters. The van der Waals surface area contributed by atoms with Crippen LogP contribution in [-0.4, -0.2) is 35.3 Å². The fraction of sp³-hybridized carbons (Fsp3) is 0.444. The normalized spacial score (nSPS) is 12.0. The molecule has 1 aromatic heterocycles. The van der Waals surface area contributed by atoms with Crippen molar-refractivity contribution in [3.63, 3.8) is 0 Å². The summed E-state index contributed by atoms with van der Waals surface area (Å²) in [5.41, 5.74) is 1.65. The van der Waals surface area contributed by atoms with Gasteiger partial charge in [-0.3, -0.25) is 14.7 Å². The van der Waals surface area contributed by atoms with E-state index in [4.69, 9.17) is 0 Å². The van der Waals surface area contributed by atoms with Crippen LogP contribution in [0.15, 0.2) is 36.5 Å². The number of nitrogens with zero attached hydrogens (tertiary/aromatic N) is 2. The number of hydrogen-bond donors (Lipinski definition) is 0. The van der Waals surface area contributed by atoms with Gasteiger partial charge in [-0.05, 0) is 44.6 Å². The van der Waals surface area contributed by atoms with E-state index in [1.54, 1.807) is 6.20 Å². The van der Waals surface area contributed by atoms with Crippen molar-refractivity contribution in [2.75, 3.05) is 14.1 Å². The molecule has 0 aliphatic rings. The number of pyridine rings is 1. The lowest BCUT2D eigenvalue weighted by Gasteiger charge is -2.37. The molecule has 1 aromatic carbocycles. The molecular weight excluding hydrogens is 260 g/mol. The molecule has 0 atom stereocenters. The third kappa shape index (κ3) is 2.84. The number of rotatable bonds is 6. The zero-order chi connectivity index (χ0) is 15.5. The molecule has 3 heteroatoms. The van der Waals surface area contributed by atoms with E-state index in [0.29, 0.717) is 6.42 Å². The highest BCUT2D eigenvalue weighted by Gasteiger charge is 2.36. The van der Waals surface area contributed by atoms with Crippen LogP contribution >= 0.6 is 0 Å². The average Bonchev–Trinajstić information content (AvgIpc) is 2.49. The van der Waals surface area contributed by atoms with Crippen molar-refractivity contribution in [2.45, 2.75) is 38.6 Å². The maximum absolute atomic E-state index is 12.9. The van der Waals surface area contributed by atoms with E-state index in [2.05, 4.69) is 23.7 Å². The Bertz CT molecular complexity index is 625. The number of hydrogen-bond acceptors (Lipinski definition) is 3. The van der Waals surface area contributed by atoms with Crippen LogP contribution in [0, 0.1) is 0 Å². The summed E-state index contributed by atoms with van der Waals surface area (Å²) in [4.78, 5) is 19.4. The Morgan fingerprint density at radius 2 is 1.81 bits per heavy atom. The molecule has 0 amide bonds. The molecule has 0 N–H and O–H groups in total. The van der Waals surface area contributed by atoms with Crippen LogP contribution in [0.4, 0.5) is 0 Å². The highest BCUT2D eigenvalue weighted by atomic mass is 16.1. The minimum absolute atomic E-state index is 0.286. The van der Waals surface area contributed by atoms with Gasteiger partial charge in [0.15, 0.2) is 5.78 Å². The monoisotopic (exact) mass is 284 g/mol. The van der Waals surface area contributed by atoms with Crippen LogP contribution in [0.3, 0.4) is 0 Å². The number of fused-ring (bicyclic) bond motifs is 1. The minimum Gasteiger partial charge on any atom is -0.297 e. The Labute approximate surface area is 127 Å². The number of ketones is 1. The summed E-state index contributed by atoms with van der Waals surface area (Å²) in [5.74, 6) is 0.286. The second kappa shape index (κ2) is 6.35. The van der Waals surface area contributed by atoms with Gasteiger partial charge >= 0.3 is 0 Å². The van der Waals surface area contributed by atoms with E-state index in [1.165, 1.54) is 0 Å². The Kier molecular flexibility index (Phi) is 4.73. The number of likely N-dealkylation sites (N-methyl/N-ethyl adjacent to an activating group) is 1. The topological polar surface area (TPSA) is 33.2 Å². The average molecular weight is 284 g/mol. The quantitative estimate of drug-likeness (QED) is 0.814. The summed E-state index contributed by atoms with van der Waals surface area (Å²) >= 11 is 0. The lowest BCUT2D eigenvalue weighted by molar-refractivity contribution is -0.129. The molecule has 0 saturated heterocycles. The van der Waals surface area contributed by atoms with Gasteiger partial charge in [-0.2, -0.15) is 0 Å². The van der Waals surface area contributed by atoms with E-state index >= 15 is 0 Å². The first kappa shape index (κ1) is 15.6. The number of carbonyl (C=O) groups excluding carboxylic acids is 1. The molecule has 2 aromatic rings. The van der Waals surface area contributed by atoms with Crippen molar-refractivity contribution >= 4 is 16.7 Å². The summed E-state index contributed by atoms with van der Waals surface area (Å²) < 4.78 is 0. The molecule has 0 aliphatic carbocycles. The molecule has 3 nitrogen and oxygen atoms in total. The number of para-hydroxylation sites is 1. The maximum atomic E-state index is 12.9. The second-order valence-electron chi connectivity index (χ2n) is 5.72. The Hall–Kier alpha value is -1.74. The highest BCUT2D eigenvalue weighted by molar-refractivity contribution is 5.94. The zero-order valence-electron chi connectivity index (χ0n) is 13.4. The molecule has 0 aliphatic heterocycles. The van der Waals surface area contributed by atoms with Crippen molar-refractivity contribution in [1.29, 1.82) is 0 Å². The number of carbonyl (C=O) groups is 1. The molecule has 0 spiro atoms. The Balaban J connectivity index is 2.37. The summed E-state index contributed by atoms with van der Waals surface area (Å²) in [6, 6.07) is 9.97. The van der Waals surface area contributed by atoms with Crippen LogP contribution in [-0.2, 0) is 11.2 Å². The van der Waals surface area contributed by atoms with Crippen molar-refractivity contribution < 1.29 is 4.79 Å². The van der Waals surface area contributed by atoms with Gasteiger partial charge in [-0.1, -0.05) is 32.0 Å². The lowest BCUT2D eigenvalue weighted by Crippen LogP contribution is -2.51. The molecule has 0 saturated carbocycles. The fourth-order valence-electron chi connectivity index (χ4n) is 3.17. The van der Waals surface area contributed by atoms with E-state index < -0.39 is 0 Å². The molecule has 0 fully saturated rings. The van der Waals surface area contributed by atoms with Crippen molar-refractivity contribution in [1.82, 2.24) is 9.88 Å². The largest absolute Gasteiger partial charge is 0.297 e. The number of Topliss-reactive ketones (excluding diaryl/α,β-unsaturated/α-hetero) is 1. The van der Waals surface area contributed by atoms with Gasteiger partial charge in [0.2, 0.25) is 0 Å². The second-order valence-corrected chi connectivity index (χ2v) is 5.72. The summed E-state index contributed by atoms with van der Waals surface area (Å²) in [6.45, 7) is 4.18. The van der Waals surface area contributed by atoms with Gasteiger partial charge in [0, 0.05) is 18.0 Å². The SMILES string of the molecule is CCC(CC)(C(=O)Cc1ccnc2ccccc12)N(C)C. The van der Waals surface area contributed by atoms with E-state index in [-0.39, 0.29) is 11.3 Å². The first-order valence-corrected chi connectivity index (χ1v) is 7.58. The van der Waals surface area contributed by atoms with E-state index in [1.807, 2.05) is 44.4 Å². The molecular formula is C18H24N2O. The Morgan fingerprint density at radius 3 is 2.43 bits per heavy atom. The Morgan fingerprint density at radius 1 is 1.14 bits per heavy atom. The van der Waals surface area contributed by atoms with Crippen LogP contribution < -0.4 is 0 Å². The summed E-state index contributed by atoms with van der Waals surface area (Å²) in [6.07, 6.45) is 3.92. The summed E-state index contributed by atoms with van der Waals surface area (Å²) in [5, 5.41) is 1.08. The van der Waals surface area contributed by atoms with Gasteiger partial charge in [0.05, 0.1) is 11.1 Å². The van der Waals surface area contributed by atoms with E-state index in [0.717, 1.165) is 29.3 Å². The van der Waals surface area contributed by atoms with Gasteiger partial charge in [-0.25, -0.2) is 0 Å². The highest BCUT2D eigenvalue weighted by Crippen LogP contribution is 2.26. The smallest absolute Gasteiger partial charge is 0.157 e. The molecule has 0 radical (unpaired) electrons. The van der Waals surface area contributed by atoms with Crippen molar-refractivity contribution in [3.8, 4) is 0 Å². The van der Waals surface area contributed by atoms with Crippen LogP contribution in [0.5, 0.6) is 0 Å². The van der Waals surface area contributed by atoms with Gasteiger partial charge in [-0.15, -0.1) is 0 Å². The van der Waals surface area contributed by atoms with Crippen molar-refractivity contribution in [3.05, 3.63) is 42.1 Å². The number of benzene rings is 1. The minimum atomic E-state index is -0.371. The predicted molar refractivity (Wildman–Crippen MR) is 87.5 cm³/mol. The zero-order valence-corrected chi connectivity index (χ0v) is 13.4. The molecule has 112 valence electrons. The van der Waals surface area contributed by atoms with Crippen LogP contribution in [0.25, 0.3) is 10.9 Å². The first-order valence-electron chi connectivity index (χ1n) is 7.58. The standard InChI is InChI=1S/C18H24N2O/c1-5-18(6-2,20(3)4)17(21)13-14-11-12-19-16-10-8-7-9-15(14)16/h7-12H,5-6,13H2,1-4H3. The van der Waals surface area contributed by atoms with Gasteiger partial charge < -0.3 is 0 Å². The van der Waals surface area contributed by atoms with Crippen LogP contribution in [0.2, 0.25) is 0 Å². The first-order chi connectivity index (χ1) is 10.0. The fourth-order valence-corrected chi connectivity index (χ4v) is 3.17. The van der Waals surface area contributed by atoms with Gasteiger partial charge in [0.25, 0.3) is 0 Å². The molecule has 1 heterocycles. The predicted octanol–water partition coefficient (Wildman–Crippen LogP) is 3.47.